The van der Waals surface area contributed by atoms with Crippen LogP contribution in [0.2, 0.25) is 0 Å². The van der Waals surface area contributed by atoms with E-state index in [0.29, 0.717) is 12.5 Å². The van der Waals surface area contributed by atoms with E-state index >= 15 is 0 Å². The van der Waals surface area contributed by atoms with Crippen molar-refractivity contribution in [1.82, 2.24) is 4.57 Å². The molecule has 0 spiro atoms. The first-order valence-electron chi connectivity index (χ1n) is 7.41. The lowest BCUT2D eigenvalue weighted by Gasteiger charge is -2.11. The number of thiazole rings is 1. The second-order valence-corrected chi connectivity index (χ2v) is 6.17. The number of aromatic nitrogens is 1. The van der Waals surface area contributed by atoms with Gasteiger partial charge in [-0.25, -0.2) is 4.79 Å². The van der Waals surface area contributed by atoms with E-state index in [-0.39, 0.29) is 40.6 Å². The quantitative estimate of drug-likeness (QED) is 0.537. The lowest BCUT2D eigenvalue weighted by molar-refractivity contribution is -0.136. The number of aromatic hydroxyl groups is 1. The summed E-state index contributed by atoms with van der Waals surface area (Å²) in [5.41, 5.74) is -2.40. The summed E-state index contributed by atoms with van der Waals surface area (Å²) >= 11 is 0.874. The number of benzene rings is 1. The van der Waals surface area contributed by atoms with Crippen LogP contribution in [-0.2, 0) is 12.7 Å². The predicted molar refractivity (Wildman–Crippen MR) is 87.8 cm³/mol. The number of halogens is 3. The molecule has 0 aliphatic rings. The van der Waals surface area contributed by atoms with Gasteiger partial charge >= 0.3 is 16.7 Å². The van der Waals surface area contributed by atoms with Gasteiger partial charge in [0, 0.05) is 24.1 Å². The van der Waals surface area contributed by atoms with Gasteiger partial charge in [0.1, 0.15) is 11.3 Å². The Morgan fingerprint density at radius 2 is 2.00 bits per heavy atom. The van der Waals surface area contributed by atoms with E-state index in [1.54, 1.807) is 0 Å². The summed E-state index contributed by atoms with van der Waals surface area (Å²) in [7, 11) is 0. The lowest BCUT2D eigenvalue weighted by atomic mass is 10.1. The summed E-state index contributed by atoms with van der Waals surface area (Å²) in [5, 5.41) is 10.6. The van der Waals surface area contributed by atoms with Gasteiger partial charge in [0.05, 0.1) is 17.6 Å². The van der Waals surface area contributed by atoms with Gasteiger partial charge in [-0.15, -0.1) is 0 Å². The molecule has 0 bridgehead atoms. The van der Waals surface area contributed by atoms with Gasteiger partial charge in [0.15, 0.2) is 0 Å². The minimum atomic E-state index is -4.67. The Kier molecular flexibility index (Phi) is 4.77. The first kappa shape index (κ1) is 18.1. The Morgan fingerprint density at radius 1 is 1.23 bits per heavy atom. The van der Waals surface area contributed by atoms with Gasteiger partial charge in [-0.1, -0.05) is 11.3 Å². The van der Waals surface area contributed by atoms with E-state index in [1.165, 1.54) is 28.1 Å². The SMILES string of the molecule is O=c1cc(C(F)(F)F)c2ccc(OCCCn3c(O)csc3=O)cc2o1. The second-order valence-electron chi connectivity index (χ2n) is 5.35. The van der Waals surface area contributed by atoms with Crippen LogP contribution in [0, 0.1) is 0 Å². The van der Waals surface area contributed by atoms with Crippen molar-refractivity contribution in [3.63, 3.8) is 0 Å². The van der Waals surface area contributed by atoms with Gasteiger partial charge in [0.25, 0.3) is 0 Å². The van der Waals surface area contributed by atoms with Crippen LogP contribution in [0.25, 0.3) is 11.0 Å². The number of ether oxygens (including phenoxy) is 1. The highest BCUT2D eigenvalue weighted by Gasteiger charge is 2.33. The summed E-state index contributed by atoms with van der Waals surface area (Å²) in [5.74, 6) is 0.0917. The minimum absolute atomic E-state index is 0.132. The van der Waals surface area contributed by atoms with Crippen LogP contribution in [0.1, 0.15) is 12.0 Å². The molecule has 138 valence electrons. The van der Waals surface area contributed by atoms with Crippen molar-refractivity contribution < 1.29 is 27.4 Å². The highest BCUT2D eigenvalue weighted by atomic mass is 32.1. The van der Waals surface area contributed by atoms with Crippen LogP contribution in [0.15, 0.2) is 43.7 Å². The topological polar surface area (TPSA) is 81.7 Å². The van der Waals surface area contributed by atoms with Gasteiger partial charge in [-0.2, -0.15) is 13.2 Å². The fourth-order valence-corrected chi connectivity index (χ4v) is 3.06. The number of hydrogen-bond donors (Lipinski definition) is 1. The van der Waals surface area contributed by atoms with Crippen molar-refractivity contribution in [2.24, 2.45) is 0 Å². The molecule has 0 amide bonds. The predicted octanol–water partition coefficient (Wildman–Crippen LogP) is 3.21. The molecule has 0 atom stereocenters. The normalized spacial score (nSPS) is 11.8. The molecule has 0 unspecified atom stereocenters. The Balaban J connectivity index is 1.73. The highest BCUT2D eigenvalue weighted by molar-refractivity contribution is 7.07. The maximum absolute atomic E-state index is 13.0. The standard InChI is InChI=1S/C16H12F3NO5S/c17-16(18,19)11-7-14(22)25-12-6-9(2-3-10(11)12)24-5-1-4-20-13(21)8-26-15(20)23/h2-3,6-8,21H,1,4-5H2. The number of fused-ring (bicyclic) bond motifs is 1. The molecule has 26 heavy (non-hydrogen) atoms. The van der Waals surface area contributed by atoms with Crippen molar-refractivity contribution in [1.29, 1.82) is 0 Å². The molecule has 6 nitrogen and oxygen atoms in total. The monoisotopic (exact) mass is 387 g/mol. The fraction of sp³-hybridized carbons (Fsp3) is 0.250. The fourth-order valence-electron chi connectivity index (χ4n) is 2.41. The molecule has 3 rings (SSSR count). The Bertz CT molecular complexity index is 1050. The summed E-state index contributed by atoms with van der Waals surface area (Å²) in [6.45, 7) is 0.380. The minimum Gasteiger partial charge on any atom is -0.494 e. The average molecular weight is 387 g/mol. The smallest absolute Gasteiger partial charge is 0.417 e. The first-order valence-corrected chi connectivity index (χ1v) is 8.29. The lowest BCUT2D eigenvalue weighted by Crippen LogP contribution is -2.14. The third-order valence-corrected chi connectivity index (χ3v) is 4.33. The van der Waals surface area contributed by atoms with Crippen LogP contribution >= 0.6 is 11.3 Å². The highest BCUT2D eigenvalue weighted by Crippen LogP contribution is 2.34. The molecule has 0 aliphatic carbocycles. The molecule has 3 aromatic rings. The zero-order valence-electron chi connectivity index (χ0n) is 13.1. The third kappa shape index (κ3) is 3.74. The molecule has 2 aromatic heterocycles. The van der Waals surface area contributed by atoms with Gasteiger partial charge in [-0.3, -0.25) is 9.36 Å². The molecule has 0 radical (unpaired) electrons. The van der Waals surface area contributed by atoms with E-state index in [2.05, 4.69) is 0 Å². The van der Waals surface area contributed by atoms with Crippen LogP contribution < -0.4 is 15.2 Å². The second kappa shape index (κ2) is 6.87. The third-order valence-electron chi connectivity index (χ3n) is 3.58. The summed E-state index contributed by atoms with van der Waals surface area (Å²) < 4.78 is 50.4. The van der Waals surface area contributed by atoms with Crippen molar-refractivity contribution in [2.75, 3.05) is 6.61 Å². The van der Waals surface area contributed by atoms with Gasteiger partial charge < -0.3 is 14.3 Å². The zero-order valence-corrected chi connectivity index (χ0v) is 13.9. The zero-order chi connectivity index (χ0) is 18.9. The van der Waals surface area contributed by atoms with Crippen molar-refractivity contribution in [3.8, 4) is 11.6 Å². The largest absolute Gasteiger partial charge is 0.494 e. The van der Waals surface area contributed by atoms with Crippen molar-refractivity contribution in [2.45, 2.75) is 19.1 Å². The Labute approximate surface area is 147 Å². The van der Waals surface area contributed by atoms with Crippen molar-refractivity contribution >= 4 is 22.3 Å². The summed E-state index contributed by atoms with van der Waals surface area (Å²) in [6.07, 6.45) is -4.29. The van der Waals surface area contributed by atoms with Crippen molar-refractivity contribution in [3.05, 3.63) is 55.3 Å². The summed E-state index contributed by atoms with van der Waals surface area (Å²) in [6, 6.07) is 4.13. The van der Waals surface area contributed by atoms with E-state index < -0.39 is 17.4 Å². The van der Waals surface area contributed by atoms with Crippen LogP contribution in [0.4, 0.5) is 13.2 Å². The molecule has 0 saturated carbocycles. The molecule has 0 fully saturated rings. The molecular weight excluding hydrogens is 375 g/mol. The van der Waals surface area contributed by atoms with E-state index in [1.807, 2.05) is 0 Å². The summed E-state index contributed by atoms with van der Waals surface area (Å²) in [4.78, 5) is 22.5. The molecule has 0 saturated heterocycles. The van der Waals surface area contributed by atoms with Crippen LogP contribution in [0.5, 0.6) is 11.6 Å². The van der Waals surface area contributed by atoms with E-state index in [0.717, 1.165) is 11.3 Å². The first-order chi connectivity index (χ1) is 12.3. The molecule has 10 heteroatoms. The molecule has 2 heterocycles. The maximum Gasteiger partial charge on any atom is 0.417 e. The molecule has 1 aromatic carbocycles. The maximum atomic E-state index is 13.0. The molecular formula is C16H12F3NO5S. The number of hydrogen-bond acceptors (Lipinski definition) is 6. The number of nitrogens with zero attached hydrogens (tertiary/aromatic N) is 1. The number of rotatable bonds is 5. The Hall–Kier alpha value is -2.75. The van der Waals surface area contributed by atoms with Crippen LogP contribution in [-0.4, -0.2) is 16.3 Å². The number of alkyl halides is 3. The van der Waals surface area contributed by atoms with E-state index in [9.17, 15) is 27.9 Å². The molecule has 0 aliphatic heterocycles. The average Bonchev–Trinajstić information content (AvgIpc) is 2.88. The Morgan fingerprint density at radius 3 is 2.65 bits per heavy atom. The molecule has 1 N–H and O–H groups in total. The van der Waals surface area contributed by atoms with Crippen LogP contribution in [0.3, 0.4) is 0 Å². The van der Waals surface area contributed by atoms with E-state index in [4.69, 9.17) is 9.15 Å². The van der Waals surface area contributed by atoms with Gasteiger partial charge in [0.2, 0.25) is 5.88 Å². The van der Waals surface area contributed by atoms with Gasteiger partial charge in [-0.05, 0) is 18.6 Å².